The van der Waals surface area contributed by atoms with Crippen LogP contribution in [0.25, 0.3) is 21.5 Å². The molecule has 7 heteroatoms. The molecule has 0 aliphatic carbocycles. The SMILES string of the molecule is CC(=O)Nc1nc2ccc(-c3ccnc(N4CCC[C@H]4c4ccccc4)n3)cc2s1. The number of hydrogen-bond acceptors (Lipinski definition) is 6. The lowest BCUT2D eigenvalue weighted by molar-refractivity contribution is -0.114. The van der Waals surface area contributed by atoms with Crippen molar-refractivity contribution in [2.75, 3.05) is 16.8 Å². The zero-order chi connectivity index (χ0) is 20.5. The van der Waals surface area contributed by atoms with Gasteiger partial charge in [-0.25, -0.2) is 15.0 Å². The molecule has 3 heterocycles. The number of carbonyl (C=O) groups excluding carboxylic acids is 1. The highest BCUT2D eigenvalue weighted by Gasteiger charge is 2.28. The zero-order valence-electron chi connectivity index (χ0n) is 16.6. The molecule has 5 rings (SSSR count). The molecule has 0 unspecified atom stereocenters. The van der Waals surface area contributed by atoms with Crippen molar-refractivity contribution in [3.05, 3.63) is 66.4 Å². The molecular formula is C23H21N5OS. The predicted octanol–water partition coefficient (Wildman–Crippen LogP) is 5.05. The van der Waals surface area contributed by atoms with Crippen LogP contribution >= 0.6 is 11.3 Å². The summed E-state index contributed by atoms with van der Waals surface area (Å²) >= 11 is 1.46. The monoisotopic (exact) mass is 415 g/mol. The average Bonchev–Trinajstić information content (AvgIpc) is 3.40. The van der Waals surface area contributed by atoms with Crippen LogP contribution in [0, 0.1) is 0 Å². The number of anilines is 2. The number of benzene rings is 2. The van der Waals surface area contributed by atoms with Gasteiger partial charge in [0.2, 0.25) is 11.9 Å². The highest BCUT2D eigenvalue weighted by Crippen LogP contribution is 2.35. The summed E-state index contributed by atoms with van der Waals surface area (Å²) in [6.07, 6.45) is 4.07. The standard InChI is InChI=1S/C23H21N5OS/c1-15(29)25-23-27-19-10-9-17(14-21(19)30-23)18-11-12-24-22(26-18)28-13-5-8-20(28)16-6-3-2-4-7-16/h2-4,6-7,9-12,14,20H,5,8,13H2,1H3,(H,25,27,29)/t20-/m0/s1. The van der Waals surface area contributed by atoms with Gasteiger partial charge in [0.1, 0.15) is 0 Å². The van der Waals surface area contributed by atoms with Gasteiger partial charge in [0.15, 0.2) is 5.13 Å². The summed E-state index contributed by atoms with van der Waals surface area (Å²) in [5.41, 5.74) is 4.07. The lowest BCUT2D eigenvalue weighted by atomic mass is 10.1. The van der Waals surface area contributed by atoms with Crippen LogP contribution in [0.5, 0.6) is 0 Å². The van der Waals surface area contributed by atoms with Crippen LogP contribution in [0.2, 0.25) is 0 Å². The highest BCUT2D eigenvalue weighted by molar-refractivity contribution is 7.22. The van der Waals surface area contributed by atoms with Gasteiger partial charge in [0, 0.05) is 25.2 Å². The van der Waals surface area contributed by atoms with Crippen LogP contribution in [0.1, 0.15) is 31.4 Å². The topological polar surface area (TPSA) is 71.0 Å². The maximum atomic E-state index is 11.3. The number of hydrogen-bond donors (Lipinski definition) is 1. The third kappa shape index (κ3) is 3.64. The molecule has 0 spiro atoms. The Hall–Kier alpha value is -3.32. The molecule has 150 valence electrons. The van der Waals surface area contributed by atoms with Crippen LogP contribution in [0.4, 0.5) is 11.1 Å². The van der Waals surface area contributed by atoms with Gasteiger partial charge >= 0.3 is 0 Å². The van der Waals surface area contributed by atoms with E-state index in [1.54, 1.807) is 0 Å². The Morgan fingerprint density at radius 1 is 1.13 bits per heavy atom. The first-order valence-corrected chi connectivity index (χ1v) is 10.8. The van der Waals surface area contributed by atoms with Crippen molar-refractivity contribution in [3.8, 4) is 11.3 Å². The first-order valence-electron chi connectivity index (χ1n) is 10.0. The fourth-order valence-electron chi connectivity index (χ4n) is 3.96. The second-order valence-corrected chi connectivity index (χ2v) is 8.42. The third-order valence-corrected chi connectivity index (χ3v) is 6.24. The largest absolute Gasteiger partial charge is 0.334 e. The molecule has 2 aromatic carbocycles. The summed E-state index contributed by atoms with van der Waals surface area (Å²) in [7, 11) is 0. The number of nitrogens with zero attached hydrogens (tertiary/aromatic N) is 4. The number of fused-ring (bicyclic) bond motifs is 1. The van der Waals surface area contributed by atoms with E-state index in [0.29, 0.717) is 11.2 Å². The Kier molecular flexibility index (Phi) is 4.88. The fraction of sp³-hybridized carbons (Fsp3) is 0.217. The van der Waals surface area contributed by atoms with Crippen molar-refractivity contribution in [2.45, 2.75) is 25.8 Å². The Morgan fingerprint density at radius 3 is 2.83 bits per heavy atom. The summed E-state index contributed by atoms with van der Waals surface area (Å²) in [6, 6.07) is 18.9. The Labute approximate surface area is 178 Å². The lowest BCUT2D eigenvalue weighted by Crippen LogP contribution is -2.24. The number of carbonyl (C=O) groups is 1. The number of nitrogens with one attached hydrogen (secondary N) is 1. The van der Waals surface area contributed by atoms with Crippen molar-refractivity contribution in [3.63, 3.8) is 0 Å². The van der Waals surface area contributed by atoms with Gasteiger partial charge in [-0.1, -0.05) is 47.7 Å². The smallest absolute Gasteiger partial charge is 0.226 e. The average molecular weight is 416 g/mol. The number of aromatic nitrogens is 3. The molecule has 0 saturated carbocycles. The minimum Gasteiger partial charge on any atom is -0.334 e. The lowest BCUT2D eigenvalue weighted by Gasteiger charge is -2.25. The van der Waals surface area contributed by atoms with Crippen LogP contribution in [0.15, 0.2) is 60.8 Å². The summed E-state index contributed by atoms with van der Waals surface area (Å²) in [5.74, 6) is 0.649. The van der Waals surface area contributed by atoms with Crippen molar-refractivity contribution in [1.29, 1.82) is 0 Å². The van der Waals surface area contributed by atoms with Gasteiger partial charge in [-0.05, 0) is 36.6 Å². The van der Waals surface area contributed by atoms with Crippen LogP contribution in [0.3, 0.4) is 0 Å². The molecule has 1 fully saturated rings. The third-order valence-electron chi connectivity index (χ3n) is 5.30. The molecule has 30 heavy (non-hydrogen) atoms. The number of amides is 1. The summed E-state index contributed by atoms with van der Waals surface area (Å²) in [4.78, 5) is 27.5. The van der Waals surface area contributed by atoms with E-state index < -0.39 is 0 Å². The van der Waals surface area contributed by atoms with E-state index in [0.717, 1.165) is 46.8 Å². The summed E-state index contributed by atoms with van der Waals surface area (Å²) in [5, 5.41) is 3.37. The number of thiazole rings is 1. The van der Waals surface area contributed by atoms with Gasteiger partial charge in [-0.15, -0.1) is 0 Å². The molecule has 6 nitrogen and oxygen atoms in total. The van der Waals surface area contributed by atoms with Crippen molar-refractivity contribution in [2.24, 2.45) is 0 Å². The molecule has 1 aliphatic heterocycles. The maximum absolute atomic E-state index is 11.3. The molecule has 0 radical (unpaired) electrons. The Bertz CT molecular complexity index is 1210. The second kappa shape index (κ2) is 7.84. The van der Waals surface area contributed by atoms with Crippen molar-refractivity contribution in [1.82, 2.24) is 15.0 Å². The minimum atomic E-state index is -0.117. The minimum absolute atomic E-state index is 0.117. The molecular weight excluding hydrogens is 394 g/mol. The van der Waals surface area contributed by atoms with Gasteiger partial charge < -0.3 is 10.2 Å². The van der Waals surface area contributed by atoms with E-state index in [1.165, 1.54) is 23.8 Å². The maximum Gasteiger partial charge on any atom is 0.226 e. The van der Waals surface area contributed by atoms with Gasteiger partial charge in [-0.3, -0.25) is 4.79 Å². The van der Waals surface area contributed by atoms with Gasteiger partial charge in [-0.2, -0.15) is 0 Å². The van der Waals surface area contributed by atoms with Crippen LogP contribution in [-0.2, 0) is 4.79 Å². The van der Waals surface area contributed by atoms with E-state index in [2.05, 4.69) is 50.5 Å². The fourth-order valence-corrected chi connectivity index (χ4v) is 4.91. The summed E-state index contributed by atoms with van der Waals surface area (Å²) < 4.78 is 1.01. The van der Waals surface area contributed by atoms with E-state index in [1.807, 2.05) is 30.5 Å². The summed E-state index contributed by atoms with van der Waals surface area (Å²) in [6.45, 7) is 2.44. The molecule has 1 N–H and O–H groups in total. The van der Waals surface area contributed by atoms with E-state index in [4.69, 9.17) is 4.98 Å². The van der Waals surface area contributed by atoms with E-state index in [-0.39, 0.29) is 5.91 Å². The Morgan fingerprint density at radius 2 is 2.00 bits per heavy atom. The van der Waals surface area contributed by atoms with Crippen molar-refractivity contribution < 1.29 is 4.79 Å². The van der Waals surface area contributed by atoms with Crippen LogP contribution < -0.4 is 10.2 Å². The molecule has 1 atom stereocenters. The second-order valence-electron chi connectivity index (χ2n) is 7.39. The first-order chi connectivity index (χ1) is 14.7. The Balaban J connectivity index is 1.46. The molecule has 1 aliphatic rings. The number of rotatable bonds is 4. The molecule has 0 bridgehead atoms. The van der Waals surface area contributed by atoms with Crippen molar-refractivity contribution >= 4 is 38.5 Å². The zero-order valence-corrected chi connectivity index (χ0v) is 17.4. The predicted molar refractivity (Wildman–Crippen MR) is 121 cm³/mol. The quantitative estimate of drug-likeness (QED) is 0.505. The van der Waals surface area contributed by atoms with Crippen LogP contribution in [-0.4, -0.2) is 27.4 Å². The molecule has 4 aromatic rings. The highest BCUT2D eigenvalue weighted by atomic mass is 32.1. The van der Waals surface area contributed by atoms with E-state index >= 15 is 0 Å². The molecule has 2 aromatic heterocycles. The molecule has 1 saturated heterocycles. The van der Waals surface area contributed by atoms with Gasteiger partial charge in [0.05, 0.1) is 22.0 Å². The first kappa shape index (κ1) is 18.7. The van der Waals surface area contributed by atoms with E-state index in [9.17, 15) is 4.79 Å². The van der Waals surface area contributed by atoms with Gasteiger partial charge in [0.25, 0.3) is 0 Å². The normalized spacial score (nSPS) is 16.2. The molecule has 1 amide bonds.